The monoisotopic (exact) mass is 300 g/mol. The fraction of sp³-hybridized carbons (Fsp3) is 0.278. The zero-order valence-corrected chi connectivity index (χ0v) is 12.3. The molecule has 1 unspecified atom stereocenters. The van der Waals surface area contributed by atoms with Gasteiger partial charge in [-0.2, -0.15) is 0 Å². The van der Waals surface area contributed by atoms with E-state index >= 15 is 0 Å². The summed E-state index contributed by atoms with van der Waals surface area (Å²) in [6, 6.07) is 12.2. The lowest BCUT2D eigenvalue weighted by Crippen LogP contribution is -2.18. The van der Waals surface area contributed by atoms with Crippen LogP contribution in [0.25, 0.3) is 0 Å². The van der Waals surface area contributed by atoms with Gasteiger partial charge in [-0.05, 0) is 29.2 Å². The Morgan fingerprint density at radius 1 is 1.27 bits per heavy atom. The van der Waals surface area contributed by atoms with Gasteiger partial charge in [-0.15, -0.1) is 0 Å². The minimum Gasteiger partial charge on any atom is -0.493 e. The molecule has 0 amide bonds. The molecular weight excluding hydrogens is 283 g/mol. The molecule has 1 heterocycles. The minimum atomic E-state index is -0.223. The van der Waals surface area contributed by atoms with Gasteiger partial charge >= 0.3 is 5.97 Å². The zero-order chi connectivity index (χ0) is 15.5. The Balaban J connectivity index is 1.65. The third-order valence-electron chi connectivity index (χ3n) is 3.81. The number of carbonyl (C=O) groups is 1. The first-order chi connectivity index (χ1) is 10.6. The Morgan fingerprint density at radius 2 is 2.09 bits per heavy atom. The predicted octanol–water partition coefficient (Wildman–Crippen LogP) is 3.86. The van der Waals surface area contributed by atoms with Gasteiger partial charge < -0.3 is 9.47 Å². The predicted molar refractivity (Wildman–Crippen MR) is 80.7 cm³/mol. The second kappa shape index (κ2) is 6.18. The van der Waals surface area contributed by atoms with Gasteiger partial charge in [0.2, 0.25) is 0 Å². The molecule has 114 valence electrons. The highest BCUT2D eigenvalue weighted by molar-refractivity contribution is 5.76. The van der Waals surface area contributed by atoms with Crippen molar-refractivity contribution in [1.82, 2.24) is 0 Å². The molecule has 0 fully saturated rings. The minimum absolute atomic E-state index is 0.156. The molecule has 3 rings (SSSR count). The van der Waals surface area contributed by atoms with E-state index in [1.807, 2.05) is 19.1 Å². The van der Waals surface area contributed by atoms with Gasteiger partial charge in [0.25, 0.3) is 0 Å². The van der Waals surface area contributed by atoms with Crippen molar-refractivity contribution in [3.8, 4) is 11.5 Å². The molecule has 0 N–H and O–H groups in total. The van der Waals surface area contributed by atoms with Crippen molar-refractivity contribution in [2.24, 2.45) is 0 Å². The molecule has 2 aromatic rings. The highest BCUT2D eigenvalue weighted by Crippen LogP contribution is 2.36. The Kier molecular flexibility index (Phi) is 4.09. The molecule has 3 nitrogen and oxygen atoms in total. The van der Waals surface area contributed by atoms with Gasteiger partial charge in [0.05, 0.1) is 13.0 Å². The first kappa shape index (κ1) is 14.6. The summed E-state index contributed by atoms with van der Waals surface area (Å²) in [6.07, 6.45) is 0.889. The summed E-state index contributed by atoms with van der Waals surface area (Å²) >= 11 is 0. The normalized spacial score (nSPS) is 16.8. The van der Waals surface area contributed by atoms with E-state index in [2.05, 4.69) is 0 Å². The second-order valence-electron chi connectivity index (χ2n) is 5.47. The summed E-state index contributed by atoms with van der Waals surface area (Å²) in [5.41, 5.74) is 1.64. The molecule has 1 aliphatic heterocycles. The summed E-state index contributed by atoms with van der Waals surface area (Å²) in [4.78, 5) is 11.5. The lowest BCUT2D eigenvalue weighted by Gasteiger charge is -2.21. The van der Waals surface area contributed by atoms with Crippen LogP contribution in [0.3, 0.4) is 0 Å². The molecule has 1 atom stereocenters. The highest BCUT2D eigenvalue weighted by Gasteiger charge is 2.24. The Morgan fingerprint density at radius 3 is 2.91 bits per heavy atom. The quantitative estimate of drug-likeness (QED) is 0.635. The number of benzene rings is 2. The van der Waals surface area contributed by atoms with Crippen LogP contribution in [0.4, 0.5) is 4.39 Å². The van der Waals surface area contributed by atoms with Crippen LogP contribution >= 0.6 is 0 Å². The fourth-order valence-electron chi connectivity index (χ4n) is 2.60. The van der Waals surface area contributed by atoms with Crippen molar-refractivity contribution < 1.29 is 18.7 Å². The summed E-state index contributed by atoms with van der Waals surface area (Å²) < 4.78 is 24.4. The number of carbonyl (C=O) groups excluding carboxylic acids is 1. The molecule has 0 aliphatic carbocycles. The van der Waals surface area contributed by atoms with E-state index in [0.717, 1.165) is 5.56 Å². The lowest BCUT2D eigenvalue weighted by molar-refractivity contribution is -0.135. The molecule has 0 saturated carbocycles. The number of ether oxygens (including phenoxy) is 2. The van der Waals surface area contributed by atoms with E-state index in [4.69, 9.17) is 9.47 Å². The third-order valence-corrected chi connectivity index (χ3v) is 3.81. The molecule has 4 heteroatoms. The molecule has 2 aromatic carbocycles. The van der Waals surface area contributed by atoms with E-state index < -0.39 is 0 Å². The molecule has 22 heavy (non-hydrogen) atoms. The Bertz CT molecular complexity index is 696. The Hall–Kier alpha value is -2.36. The van der Waals surface area contributed by atoms with Crippen LogP contribution in [0.2, 0.25) is 0 Å². The summed E-state index contributed by atoms with van der Waals surface area (Å²) in [5, 5.41) is 0. The third kappa shape index (κ3) is 3.11. The number of esters is 1. The van der Waals surface area contributed by atoms with Crippen LogP contribution < -0.4 is 9.47 Å². The van der Waals surface area contributed by atoms with Crippen LogP contribution in [0.15, 0.2) is 42.5 Å². The van der Waals surface area contributed by atoms with Crippen LogP contribution in [0.1, 0.15) is 30.4 Å². The van der Waals surface area contributed by atoms with Gasteiger partial charge in [0.1, 0.15) is 17.3 Å². The molecule has 1 aliphatic rings. The summed E-state index contributed by atoms with van der Waals surface area (Å²) in [7, 11) is 0. The van der Waals surface area contributed by atoms with Crippen LogP contribution in [-0.2, 0) is 11.2 Å². The summed E-state index contributed by atoms with van der Waals surface area (Å²) in [5.74, 6) is 0.899. The maximum atomic E-state index is 13.5. The van der Waals surface area contributed by atoms with Crippen LogP contribution in [0.5, 0.6) is 11.5 Å². The zero-order valence-electron chi connectivity index (χ0n) is 12.3. The fourth-order valence-corrected chi connectivity index (χ4v) is 2.60. The maximum Gasteiger partial charge on any atom is 0.311 e. The SMILES string of the molecule is CC1CC(=O)Oc2cc(OCCc3ccccc3F)ccc21. The molecule has 0 saturated heterocycles. The van der Waals surface area contributed by atoms with Gasteiger partial charge in [-0.1, -0.05) is 31.2 Å². The van der Waals surface area contributed by atoms with Gasteiger partial charge in [-0.3, -0.25) is 4.79 Å². The average molecular weight is 300 g/mol. The van der Waals surface area contributed by atoms with Crippen LogP contribution in [-0.4, -0.2) is 12.6 Å². The highest BCUT2D eigenvalue weighted by atomic mass is 19.1. The van der Waals surface area contributed by atoms with Crippen molar-refractivity contribution >= 4 is 5.97 Å². The van der Waals surface area contributed by atoms with Crippen molar-refractivity contribution in [2.45, 2.75) is 25.7 Å². The van der Waals surface area contributed by atoms with Crippen molar-refractivity contribution in [1.29, 1.82) is 0 Å². The van der Waals surface area contributed by atoms with E-state index in [9.17, 15) is 9.18 Å². The molecule has 0 spiro atoms. The first-order valence-electron chi connectivity index (χ1n) is 7.34. The molecule has 0 aromatic heterocycles. The van der Waals surface area contributed by atoms with E-state index in [0.29, 0.717) is 36.5 Å². The van der Waals surface area contributed by atoms with Gasteiger partial charge in [0.15, 0.2) is 0 Å². The number of hydrogen-bond acceptors (Lipinski definition) is 3. The molecule has 0 radical (unpaired) electrons. The molecule has 0 bridgehead atoms. The van der Waals surface area contributed by atoms with Crippen molar-refractivity contribution in [3.63, 3.8) is 0 Å². The number of hydrogen-bond donors (Lipinski definition) is 0. The second-order valence-corrected chi connectivity index (χ2v) is 5.47. The van der Waals surface area contributed by atoms with Crippen molar-refractivity contribution in [2.75, 3.05) is 6.61 Å². The Labute approximate surface area is 128 Å². The average Bonchev–Trinajstić information content (AvgIpc) is 2.48. The van der Waals surface area contributed by atoms with E-state index in [1.54, 1.807) is 24.3 Å². The number of rotatable bonds is 4. The first-order valence-corrected chi connectivity index (χ1v) is 7.34. The van der Waals surface area contributed by atoms with E-state index in [-0.39, 0.29) is 17.7 Å². The standard InChI is InChI=1S/C18H17FO3/c1-12-10-18(20)22-17-11-14(6-7-15(12)17)21-9-8-13-4-2-3-5-16(13)19/h2-7,11-12H,8-10H2,1H3. The largest absolute Gasteiger partial charge is 0.493 e. The van der Waals surface area contributed by atoms with Gasteiger partial charge in [-0.25, -0.2) is 4.39 Å². The molecular formula is C18H17FO3. The topological polar surface area (TPSA) is 35.5 Å². The number of halogens is 1. The van der Waals surface area contributed by atoms with Crippen LogP contribution in [0, 0.1) is 5.82 Å². The van der Waals surface area contributed by atoms with E-state index in [1.165, 1.54) is 6.07 Å². The lowest BCUT2D eigenvalue weighted by atomic mass is 9.95. The summed E-state index contributed by atoms with van der Waals surface area (Å²) in [6.45, 7) is 2.36. The van der Waals surface area contributed by atoms with Crippen molar-refractivity contribution in [3.05, 3.63) is 59.4 Å². The maximum absolute atomic E-state index is 13.5. The smallest absolute Gasteiger partial charge is 0.311 e. The van der Waals surface area contributed by atoms with Gasteiger partial charge in [0, 0.05) is 12.5 Å². The number of fused-ring (bicyclic) bond motifs is 1.